The number of benzene rings is 1. The molecular formula is C22H35N3O4. The van der Waals surface area contributed by atoms with Gasteiger partial charge in [-0.2, -0.15) is 0 Å². The van der Waals surface area contributed by atoms with E-state index in [9.17, 15) is 4.79 Å². The van der Waals surface area contributed by atoms with Gasteiger partial charge in [0.1, 0.15) is 11.3 Å². The van der Waals surface area contributed by atoms with E-state index < -0.39 is 5.97 Å². The van der Waals surface area contributed by atoms with Gasteiger partial charge in [0, 0.05) is 26.8 Å². The third-order valence-corrected chi connectivity index (χ3v) is 5.56. The summed E-state index contributed by atoms with van der Waals surface area (Å²) in [5.74, 6) is 0.863. The van der Waals surface area contributed by atoms with Crippen LogP contribution in [0.25, 0.3) is 0 Å². The maximum absolute atomic E-state index is 12.0. The molecule has 0 saturated heterocycles. The van der Waals surface area contributed by atoms with Crippen molar-refractivity contribution in [3.8, 4) is 5.75 Å². The third kappa shape index (κ3) is 6.63. The molecule has 0 aliphatic heterocycles. The Kier molecular flexibility index (Phi) is 9.25. The van der Waals surface area contributed by atoms with Crippen molar-refractivity contribution in [3.63, 3.8) is 0 Å². The summed E-state index contributed by atoms with van der Waals surface area (Å²) in [4.78, 5) is 16.7. The standard InChI is InChI=1S/C22H35N3O4/c1-5-23-21(25-16-22(12-13-27-2)10-6-7-11-22)24-15-17-8-9-19(28-3)18(14-17)20(26)29-4/h8-9,14H,5-7,10-13,15-16H2,1-4H3,(H2,23,24,25). The number of carbonyl (C=O) groups is 1. The van der Waals surface area contributed by atoms with Crippen LogP contribution in [0, 0.1) is 5.41 Å². The van der Waals surface area contributed by atoms with Crippen molar-refractivity contribution in [3.05, 3.63) is 29.3 Å². The highest BCUT2D eigenvalue weighted by Gasteiger charge is 2.33. The molecule has 0 unspecified atom stereocenters. The lowest BCUT2D eigenvalue weighted by atomic mass is 9.83. The van der Waals surface area contributed by atoms with Gasteiger partial charge < -0.3 is 24.8 Å². The fraction of sp³-hybridized carbons (Fsp3) is 0.636. The number of carbonyl (C=O) groups excluding carboxylic acids is 1. The van der Waals surface area contributed by atoms with Crippen LogP contribution < -0.4 is 15.4 Å². The van der Waals surface area contributed by atoms with Gasteiger partial charge in [0.2, 0.25) is 0 Å². The monoisotopic (exact) mass is 405 g/mol. The fourth-order valence-corrected chi connectivity index (χ4v) is 3.87. The Balaban J connectivity index is 2.07. The van der Waals surface area contributed by atoms with Crippen molar-refractivity contribution in [2.45, 2.75) is 45.6 Å². The van der Waals surface area contributed by atoms with E-state index in [0.29, 0.717) is 17.9 Å². The van der Waals surface area contributed by atoms with E-state index in [1.165, 1.54) is 39.9 Å². The summed E-state index contributed by atoms with van der Waals surface area (Å²) in [5, 5.41) is 6.83. The first-order valence-corrected chi connectivity index (χ1v) is 10.3. The first kappa shape index (κ1) is 23.0. The Morgan fingerprint density at radius 1 is 1.17 bits per heavy atom. The van der Waals surface area contributed by atoms with Crippen molar-refractivity contribution in [2.24, 2.45) is 10.4 Å². The molecule has 1 aromatic carbocycles. The number of aliphatic imine (C=N–C) groups is 1. The second-order valence-electron chi connectivity index (χ2n) is 7.52. The summed E-state index contributed by atoms with van der Waals surface area (Å²) >= 11 is 0. The second kappa shape index (κ2) is 11.7. The normalized spacial score (nSPS) is 15.8. The average molecular weight is 406 g/mol. The van der Waals surface area contributed by atoms with Gasteiger partial charge in [0.25, 0.3) is 0 Å². The Morgan fingerprint density at radius 2 is 1.93 bits per heavy atom. The Bertz CT molecular complexity index is 685. The van der Waals surface area contributed by atoms with E-state index in [0.717, 1.165) is 37.6 Å². The second-order valence-corrected chi connectivity index (χ2v) is 7.52. The van der Waals surface area contributed by atoms with Crippen LogP contribution in [0.3, 0.4) is 0 Å². The lowest BCUT2D eigenvalue weighted by molar-refractivity contribution is 0.0597. The molecule has 1 aliphatic carbocycles. The van der Waals surface area contributed by atoms with Gasteiger partial charge in [-0.25, -0.2) is 9.79 Å². The number of hydrogen-bond acceptors (Lipinski definition) is 5. The molecule has 1 saturated carbocycles. The zero-order valence-corrected chi connectivity index (χ0v) is 18.2. The highest BCUT2D eigenvalue weighted by atomic mass is 16.5. The van der Waals surface area contributed by atoms with E-state index >= 15 is 0 Å². The molecule has 162 valence electrons. The molecule has 0 atom stereocenters. The number of esters is 1. The lowest BCUT2D eigenvalue weighted by Gasteiger charge is -2.30. The van der Waals surface area contributed by atoms with Crippen molar-refractivity contribution in [2.75, 3.05) is 41.0 Å². The molecule has 0 spiro atoms. The molecule has 0 amide bonds. The number of methoxy groups -OCH3 is 3. The molecule has 7 nitrogen and oxygen atoms in total. The van der Waals surface area contributed by atoms with Crippen molar-refractivity contribution >= 4 is 11.9 Å². The van der Waals surface area contributed by atoms with Crippen LogP contribution in [0.1, 0.15) is 54.9 Å². The van der Waals surface area contributed by atoms with Crippen LogP contribution in [0.15, 0.2) is 23.2 Å². The molecule has 2 rings (SSSR count). The summed E-state index contributed by atoms with van der Waals surface area (Å²) in [5.41, 5.74) is 1.60. The van der Waals surface area contributed by atoms with Gasteiger partial charge in [-0.1, -0.05) is 18.9 Å². The average Bonchev–Trinajstić information content (AvgIpc) is 3.22. The maximum Gasteiger partial charge on any atom is 0.341 e. The summed E-state index contributed by atoms with van der Waals surface area (Å²) in [6, 6.07) is 5.46. The minimum absolute atomic E-state index is 0.282. The van der Waals surface area contributed by atoms with Gasteiger partial charge >= 0.3 is 5.97 Å². The van der Waals surface area contributed by atoms with Crippen LogP contribution in [-0.2, 0) is 16.0 Å². The first-order valence-electron chi connectivity index (χ1n) is 10.3. The van der Waals surface area contributed by atoms with Crippen LogP contribution in [0.2, 0.25) is 0 Å². The maximum atomic E-state index is 12.0. The minimum atomic E-state index is -0.418. The SMILES string of the molecule is CCNC(=NCc1ccc(OC)c(C(=O)OC)c1)NCC1(CCOC)CCCC1. The highest BCUT2D eigenvalue weighted by Crippen LogP contribution is 2.40. The summed E-state index contributed by atoms with van der Waals surface area (Å²) in [7, 11) is 4.66. The summed E-state index contributed by atoms with van der Waals surface area (Å²) in [6.07, 6.45) is 6.08. The number of guanidine groups is 1. The van der Waals surface area contributed by atoms with Gasteiger partial charge in [-0.05, 0) is 49.3 Å². The Hall–Kier alpha value is -2.28. The van der Waals surface area contributed by atoms with Crippen molar-refractivity contribution in [1.82, 2.24) is 10.6 Å². The molecule has 0 aromatic heterocycles. The van der Waals surface area contributed by atoms with Crippen LogP contribution in [0.5, 0.6) is 5.75 Å². The largest absolute Gasteiger partial charge is 0.496 e. The molecule has 1 aliphatic rings. The summed E-state index contributed by atoms with van der Waals surface area (Å²) < 4.78 is 15.4. The van der Waals surface area contributed by atoms with E-state index in [1.807, 2.05) is 6.07 Å². The zero-order chi connectivity index (χ0) is 21.1. The van der Waals surface area contributed by atoms with Gasteiger partial charge in [-0.3, -0.25) is 0 Å². The zero-order valence-electron chi connectivity index (χ0n) is 18.2. The van der Waals surface area contributed by atoms with Crippen molar-refractivity contribution < 1.29 is 19.0 Å². The molecule has 0 bridgehead atoms. The third-order valence-electron chi connectivity index (χ3n) is 5.56. The van der Waals surface area contributed by atoms with E-state index in [1.54, 1.807) is 19.2 Å². The molecule has 29 heavy (non-hydrogen) atoms. The molecule has 0 heterocycles. The van der Waals surface area contributed by atoms with Crippen molar-refractivity contribution in [1.29, 1.82) is 0 Å². The Labute approximate surface area is 174 Å². The van der Waals surface area contributed by atoms with Gasteiger partial charge in [-0.15, -0.1) is 0 Å². The molecule has 1 aromatic rings. The minimum Gasteiger partial charge on any atom is -0.496 e. The molecule has 0 radical (unpaired) electrons. The summed E-state index contributed by atoms with van der Waals surface area (Å²) in [6.45, 7) is 4.97. The Morgan fingerprint density at radius 3 is 2.55 bits per heavy atom. The molecule has 2 N–H and O–H groups in total. The van der Waals surface area contributed by atoms with E-state index in [4.69, 9.17) is 19.2 Å². The number of hydrogen-bond donors (Lipinski definition) is 2. The van der Waals surface area contributed by atoms with Gasteiger partial charge in [0.05, 0.1) is 20.8 Å². The quantitative estimate of drug-likeness (QED) is 0.354. The van der Waals surface area contributed by atoms with E-state index in [-0.39, 0.29) is 5.41 Å². The van der Waals surface area contributed by atoms with Crippen LogP contribution in [0.4, 0.5) is 0 Å². The van der Waals surface area contributed by atoms with Gasteiger partial charge in [0.15, 0.2) is 5.96 Å². The number of nitrogens with one attached hydrogen (secondary N) is 2. The highest BCUT2D eigenvalue weighted by molar-refractivity contribution is 5.92. The molecule has 7 heteroatoms. The fourth-order valence-electron chi connectivity index (χ4n) is 3.87. The predicted molar refractivity (Wildman–Crippen MR) is 115 cm³/mol. The number of nitrogens with zero attached hydrogens (tertiary/aromatic N) is 1. The molecular weight excluding hydrogens is 370 g/mol. The smallest absolute Gasteiger partial charge is 0.341 e. The lowest BCUT2D eigenvalue weighted by Crippen LogP contribution is -2.43. The number of ether oxygens (including phenoxy) is 3. The van der Waals surface area contributed by atoms with Crippen LogP contribution in [-0.4, -0.2) is 53.0 Å². The topological polar surface area (TPSA) is 81.2 Å². The number of rotatable bonds is 10. The van der Waals surface area contributed by atoms with Crippen LogP contribution >= 0.6 is 0 Å². The molecule has 1 fully saturated rings. The van der Waals surface area contributed by atoms with E-state index in [2.05, 4.69) is 17.6 Å². The predicted octanol–water partition coefficient (Wildman–Crippen LogP) is 3.13. The first-order chi connectivity index (χ1) is 14.1.